The Morgan fingerprint density at radius 1 is 0.405 bits per heavy atom. The van der Waals surface area contributed by atoms with Crippen LogP contribution in [0.2, 0.25) is 0 Å². The molecule has 0 N–H and O–H groups in total. The molecule has 0 radical (unpaired) electrons. The zero-order valence-electron chi connectivity index (χ0n) is 22.8. The van der Waals surface area contributed by atoms with Crippen molar-refractivity contribution in [2.24, 2.45) is 0 Å². The lowest BCUT2D eigenvalue weighted by molar-refractivity contribution is 1.18. The van der Waals surface area contributed by atoms with Gasteiger partial charge >= 0.3 is 0 Å². The molecule has 3 heteroatoms. The number of nitrogens with zero attached hydrogens (tertiary/aromatic N) is 3. The Bertz CT molecular complexity index is 2430. The fraction of sp³-hybridized carbons (Fsp3) is 0. The molecule has 0 saturated heterocycles. The average Bonchev–Trinajstić information content (AvgIpc) is 3.62. The highest BCUT2D eigenvalue weighted by atomic mass is 15.0. The van der Waals surface area contributed by atoms with Crippen molar-refractivity contribution in [3.8, 4) is 28.3 Å². The molecule has 0 atom stereocenters. The van der Waals surface area contributed by atoms with E-state index in [4.69, 9.17) is 4.98 Å². The van der Waals surface area contributed by atoms with Crippen LogP contribution >= 0.6 is 0 Å². The molecular formula is C39H25N3. The van der Waals surface area contributed by atoms with Gasteiger partial charge in [0.2, 0.25) is 0 Å². The number of fused-ring (bicyclic) bond motifs is 9. The first kappa shape index (κ1) is 23.1. The molecule has 42 heavy (non-hydrogen) atoms. The predicted molar refractivity (Wildman–Crippen MR) is 175 cm³/mol. The maximum Gasteiger partial charge on any atom is 0.145 e. The van der Waals surface area contributed by atoms with E-state index >= 15 is 0 Å². The molecule has 0 aliphatic carbocycles. The van der Waals surface area contributed by atoms with E-state index in [9.17, 15) is 0 Å². The number of rotatable bonds is 3. The topological polar surface area (TPSA) is 22.2 Å². The summed E-state index contributed by atoms with van der Waals surface area (Å²) >= 11 is 0. The Morgan fingerprint density at radius 3 is 1.69 bits per heavy atom. The summed E-state index contributed by atoms with van der Waals surface area (Å²) in [6, 6.07) is 54.1. The van der Waals surface area contributed by atoms with E-state index in [1.807, 2.05) is 0 Å². The smallest absolute Gasteiger partial charge is 0.145 e. The highest BCUT2D eigenvalue weighted by Crippen LogP contribution is 2.42. The van der Waals surface area contributed by atoms with Crippen LogP contribution in [0.15, 0.2) is 152 Å². The lowest BCUT2D eigenvalue weighted by Gasteiger charge is -2.13. The lowest BCUT2D eigenvalue weighted by atomic mass is 9.99. The van der Waals surface area contributed by atoms with Gasteiger partial charge in [-0.2, -0.15) is 0 Å². The Kier molecular flexibility index (Phi) is 4.90. The summed E-state index contributed by atoms with van der Waals surface area (Å²) in [5, 5.41) is 6.14. The highest BCUT2D eigenvalue weighted by Gasteiger charge is 2.22. The number of benzene rings is 6. The molecule has 0 spiro atoms. The van der Waals surface area contributed by atoms with Crippen molar-refractivity contribution < 1.29 is 0 Å². The van der Waals surface area contributed by atoms with Gasteiger partial charge in [-0.25, -0.2) is 4.98 Å². The summed E-state index contributed by atoms with van der Waals surface area (Å²) in [6.07, 6.45) is 0. The van der Waals surface area contributed by atoms with Crippen LogP contribution in [-0.4, -0.2) is 14.0 Å². The van der Waals surface area contributed by atoms with E-state index in [-0.39, 0.29) is 0 Å². The molecule has 0 amide bonds. The lowest BCUT2D eigenvalue weighted by Crippen LogP contribution is -1.96. The van der Waals surface area contributed by atoms with Crippen molar-refractivity contribution in [2.75, 3.05) is 0 Å². The number of aromatic nitrogens is 3. The van der Waals surface area contributed by atoms with Gasteiger partial charge in [-0.05, 0) is 41.8 Å². The van der Waals surface area contributed by atoms with Crippen LogP contribution in [0.1, 0.15) is 0 Å². The summed E-state index contributed by atoms with van der Waals surface area (Å²) < 4.78 is 4.77. The summed E-state index contributed by atoms with van der Waals surface area (Å²) in [4.78, 5) is 5.39. The van der Waals surface area contributed by atoms with Crippen molar-refractivity contribution in [2.45, 2.75) is 0 Å². The van der Waals surface area contributed by atoms with Gasteiger partial charge in [0.15, 0.2) is 0 Å². The fourth-order valence-electron chi connectivity index (χ4n) is 6.67. The molecule has 6 aromatic carbocycles. The summed E-state index contributed by atoms with van der Waals surface area (Å²) in [6.45, 7) is 0. The van der Waals surface area contributed by atoms with Crippen LogP contribution in [-0.2, 0) is 0 Å². The van der Waals surface area contributed by atoms with Gasteiger partial charge < -0.3 is 4.57 Å². The minimum atomic E-state index is 0.950. The summed E-state index contributed by atoms with van der Waals surface area (Å²) in [5.74, 6) is 0.950. The average molecular weight is 536 g/mol. The number of pyridine rings is 1. The number of hydrogen-bond acceptors (Lipinski definition) is 1. The van der Waals surface area contributed by atoms with Crippen LogP contribution in [0.3, 0.4) is 0 Å². The van der Waals surface area contributed by atoms with E-state index in [2.05, 4.69) is 161 Å². The maximum atomic E-state index is 5.39. The molecule has 0 bridgehead atoms. The van der Waals surface area contributed by atoms with E-state index in [1.165, 1.54) is 38.0 Å². The number of hydrogen-bond donors (Lipinski definition) is 0. The molecule has 9 aromatic rings. The molecule has 3 heterocycles. The van der Waals surface area contributed by atoms with E-state index < -0.39 is 0 Å². The van der Waals surface area contributed by atoms with Crippen LogP contribution < -0.4 is 0 Å². The van der Waals surface area contributed by atoms with Crippen LogP contribution in [0.25, 0.3) is 77.3 Å². The maximum absolute atomic E-state index is 5.39. The number of imidazole rings is 1. The monoisotopic (exact) mass is 535 g/mol. The zero-order valence-corrected chi connectivity index (χ0v) is 22.8. The van der Waals surface area contributed by atoms with Gasteiger partial charge in [0.05, 0.1) is 27.8 Å². The molecule has 9 rings (SSSR count). The third-order valence-corrected chi connectivity index (χ3v) is 8.47. The van der Waals surface area contributed by atoms with Gasteiger partial charge in [0.25, 0.3) is 0 Å². The molecule has 0 aliphatic rings. The van der Waals surface area contributed by atoms with Crippen LogP contribution in [0.4, 0.5) is 0 Å². The first-order valence-electron chi connectivity index (χ1n) is 14.3. The second-order valence-corrected chi connectivity index (χ2v) is 10.8. The third-order valence-electron chi connectivity index (χ3n) is 8.47. The predicted octanol–water partition coefficient (Wildman–Crippen LogP) is 10.1. The Labute approximate surface area is 242 Å². The quantitative estimate of drug-likeness (QED) is 0.206. The van der Waals surface area contributed by atoms with E-state index in [0.717, 1.165) is 39.4 Å². The molecule has 0 aliphatic heterocycles. The SMILES string of the molecule is c1ccc(-c2nc(-c3ccccc3)n3c4ccccc4c4cc5c6ccccc6n(-c6ccccc6)c5cc4c23)cc1. The third kappa shape index (κ3) is 3.25. The molecule has 196 valence electrons. The second-order valence-electron chi connectivity index (χ2n) is 10.8. The molecule has 3 aromatic heterocycles. The molecule has 0 fully saturated rings. The molecule has 3 nitrogen and oxygen atoms in total. The first-order valence-corrected chi connectivity index (χ1v) is 14.3. The Morgan fingerprint density at radius 2 is 0.976 bits per heavy atom. The van der Waals surface area contributed by atoms with Crippen molar-refractivity contribution >= 4 is 49.0 Å². The van der Waals surface area contributed by atoms with Crippen molar-refractivity contribution in [1.82, 2.24) is 14.0 Å². The number of para-hydroxylation sites is 3. The summed E-state index contributed by atoms with van der Waals surface area (Å²) in [5.41, 5.74) is 9.02. The van der Waals surface area contributed by atoms with Crippen LogP contribution in [0, 0.1) is 0 Å². The first-order chi connectivity index (χ1) is 20.9. The van der Waals surface area contributed by atoms with Gasteiger partial charge in [0.1, 0.15) is 5.82 Å². The van der Waals surface area contributed by atoms with Gasteiger partial charge in [-0.15, -0.1) is 0 Å². The van der Waals surface area contributed by atoms with Crippen molar-refractivity contribution in [1.29, 1.82) is 0 Å². The molecule has 0 unspecified atom stereocenters. The Balaban J connectivity index is 1.55. The minimum absolute atomic E-state index is 0.950. The fourth-order valence-corrected chi connectivity index (χ4v) is 6.67. The van der Waals surface area contributed by atoms with Gasteiger partial charge in [-0.3, -0.25) is 4.40 Å². The summed E-state index contributed by atoms with van der Waals surface area (Å²) in [7, 11) is 0. The highest BCUT2D eigenvalue weighted by molar-refractivity contribution is 6.23. The van der Waals surface area contributed by atoms with Crippen molar-refractivity contribution in [3.05, 3.63) is 152 Å². The van der Waals surface area contributed by atoms with Crippen molar-refractivity contribution in [3.63, 3.8) is 0 Å². The normalized spacial score (nSPS) is 11.8. The van der Waals surface area contributed by atoms with Crippen LogP contribution in [0.5, 0.6) is 0 Å². The zero-order chi connectivity index (χ0) is 27.6. The molecular weight excluding hydrogens is 510 g/mol. The van der Waals surface area contributed by atoms with E-state index in [0.29, 0.717) is 0 Å². The largest absolute Gasteiger partial charge is 0.309 e. The van der Waals surface area contributed by atoms with E-state index in [1.54, 1.807) is 0 Å². The van der Waals surface area contributed by atoms with Gasteiger partial charge in [-0.1, -0.05) is 115 Å². The minimum Gasteiger partial charge on any atom is -0.309 e. The molecule has 0 saturated carbocycles. The standard InChI is InChI=1S/C39H25N3/c1-4-14-26(15-5-1)37-38-33-25-36-32(30-21-11-12-22-34(30)41(36)28-18-8-3-9-19-28)24-31(33)29-20-10-13-23-35(29)42(38)39(40-37)27-16-6-2-7-17-27/h1-25H. The second kappa shape index (κ2) is 8.92. The van der Waals surface area contributed by atoms with Gasteiger partial charge in [0, 0.05) is 38.4 Å². The Hall–Kier alpha value is -5.67.